The third-order valence-electron chi connectivity index (χ3n) is 2.87. The number of nitrogens with zero attached hydrogens (tertiary/aromatic N) is 2. The lowest BCUT2D eigenvalue weighted by Crippen LogP contribution is -2.27. The molecule has 0 spiro atoms. The van der Waals surface area contributed by atoms with Gasteiger partial charge in [-0.2, -0.15) is 9.40 Å². The second kappa shape index (κ2) is 5.92. The predicted molar refractivity (Wildman–Crippen MR) is 74.6 cm³/mol. The summed E-state index contributed by atoms with van der Waals surface area (Å²) in [7, 11) is -2.31. The summed E-state index contributed by atoms with van der Waals surface area (Å²) >= 11 is 6.02. The number of hydrogen-bond acceptors (Lipinski definition) is 4. The van der Waals surface area contributed by atoms with Crippen molar-refractivity contribution >= 4 is 21.6 Å². The van der Waals surface area contributed by atoms with Gasteiger partial charge in [-0.3, -0.25) is 5.10 Å². The van der Waals surface area contributed by atoms with Gasteiger partial charge in [0.2, 0.25) is 0 Å². The Labute approximate surface area is 122 Å². The van der Waals surface area contributed by atoms with Crippen molar-refractivity contribution in [2.45, 2.75) is 18.2 Å². The molecule has 1 aromatic heterocycles. The van der Waals surface area contributed by atoms with Crippen LogP contribution < -0.4 is 0 Å². The van der Waals surface area contributed by atoms with Crippen LogP contribution in [0.5, 0.6) is 0 Å². The molecule has 0 aliphatic heterocycles. The average Bonchev–Trinajstić information content (AvgIpc) is 2.90. The van der Waals surface area contributed by atoms with Crippen LogP contribution in [0.2, 0.25) is 5.02 Å². The number of aliphatic hydroxyl groups is 1. The van der Waals surface area contributed by atoms with Crippen LogP contribution in [0, 0.1) is 0 Å². The van der Waals surface area contributed by atoms with Crippen LogP contribution in [0.15, 0.2) is 35.5 Å². The highest BCUT2D eigenvalue weighted by molar-refractivity contribution is 7.89. The molecule has 2 rings (SSSR count). The highest BCUT2D eigenvalue weighted by atomic mass is 35.5. The van der Waals surface area contributed by atoms with Gasteiger partial charge in [0.15, 0.2) is 5.03 Å². The van der Waals surface area contributed by atoms with E-state index in [9.17, 15) is 8.42 Å². The molecule has 20 heavy (non-hydrogen) atoms. The van der Waals surface area contributed by atoms with Gasteiger partial charge in [0.1, 0.15) is 0 Å². The number of aromatic nitrogens is 2. The van der Waals surface area contributed by atoms with E-state index in [1.165, 1.54) is 13.2 Å². The molecule has 0 radical (unpaired) electrons. The Kier molecular flexibility index (Phi) is 4.44. The molecule has 1 heterocycles. The maximum absolute atomic E-state index is 12.4. The van der Waals surface area contributed by atoms with Gasteiger partial charge in [-0.25, -0.2) is 8.42 Å². The van der Waals surface area contributed by atoms with E-state index in [1.54, 1.807) is 24.3 Å². The van der Waals surface area contributed by atoms with Crippen LogP contribution in [-0.2, 0) is 23.2 Å². The average molecular weight is 316 g/mol. The van der Waals surface area contributed by atoms with E-state index >= 15 is 0 Å². The topological polar surface area (TPSA) is 86.3 Å². The van der Waals surface area contributed by atoms with Gasteiger partial charge in [0.25, 0.3) is 10.0 Å². The highest BCUT2D eigenvalue weighted by Gasteiger charge is 2.26. The number of hydrogen-bond donors (Lipinski definition) is 2. The van der Waals surface area contributed by atoms with E-state index in [0.717, 1.165) is 4.31 Å². The smallest absolute Gasteiger partial charge is 0.260 e. The van der Waals surface area contributed by atoms with Crippen LogP contribution >= 0.6 is 11.6 Å². The van der Waals surface area contributed by atoms with E-state index in [4.69, 9.17) is 16.7 Å². The first kappa shape index (κ1) is 15.0. The third-order valence-corrected chi connectivity index (χ3v) is 5.06. The first-order valence-corrected chi connectivity index (χ1v) is 7.61. The van der Waals surface area contributed by atoms with Gasteiger partial charge in [0.05, 0.1) is 12.8 Å². The van der Waals surface area contributed by atoms with Crippen LogP contribution in [0.4, 0.5) is 0 Å². The van der Waals surface area contributed by atoms with Crippen molar-refractivity contribution in [3.8, 4) is 0 Å². The van der Waals surface area contributed by atoms with E-state index in [1.807, 2.05) is 0 Å². The van der Waals surface area contributed by atoms with E-state index < -0.39 is 16.6 Å². The standard InChI is InChI=1S/C12H14ClN3O3S/c1-16(7-9-4-2-3-5-11(9)13)20(18,19)12-10(8-17)6-14-15-12/h2-6,17H,7-8H2,1H3,(H,14,15). The summed E-state index contributed by atoms with van der Waals surface area (Å²) in [5, 5.41) is 15.6. The Morgan fingerprint density at radius 1 is 1.35 bits per heavy atom. The van der Waals surface area contributed by atoms with Crippen LogP contribution in [-0.4, -0.2) is 35.1 Å². The second-order valence-electron chi connectivity index (χ2n) is 4.23. The number of sulfonamides is 1. The zero-order chi connectivity index (χ0) is 14.8. The van der Waals surface area contributed by atoms with Crippen molar-refractivity contribution in [2.75, 3.05) is 7.05 Å². The normalized spacial score (nSPS) is 12.0. The minimum Gasteiger partial charge on any atom is -0.392 e. The summed E-state index contributed by atoms with van der Waals surface area (Å²) in [6.45, 7) is -0.267. The molecule has 0 atom stereocenters. The lowest BCUT2D eigenvalue weighted by Gasteiger charge is -2.17. The maximum atomic E-state index is 12.4. The monoisotopic (exact) mass is 315 g/mol. The van der Waals surface area contributed by atoms with Gasteiger partial charge in [-0.15, -0.1) is 0 Å². The lowest BCUT2D eigenvalue weighted by molar-refractivity contribution is 0.278. The number of halogens is 1. The molecule has 2 aromatic rings. The molecule has 8 heteroatoms. The highest BCUT2D eigenvalue weighted by Crippen LogP contribution is 2.21. The fraction of sp³-hybridized carbons (Fsp3) is 0.250. The molecule has 6 nitrogen and oxygen atoms in total. The van der Waals surface area contributed by atoms with Gasteiger partial charge in [-0.05, 0) is 11.6 Å². The molecule has 0 saturated carbocycles. The number of aliphatic hydroxyl groups excluding tert-OH is 1. The fourth-order valence-corrected chi connectivity index (χ4v) is 3.18. The van der Waals surface area contributed by atoms with Crippen molar-refractivity contribution in [1.29, 1.82) is 0 Å². The second-order valence-corrected chi connectivity index (χ2v) is 6.62. The number of aromatic amines is 1. The quantitative estimate of drug-likeness (QED) is 0.872. The number of benzene rings is 1. The molecule has 1 aromatic carbocycles. The van der Waals surface area contributed by atoms with Crippen molar-refractivity contribution in [3.63, 3.8) is 0 Å². The Morgan fingerprint density at radius 2 is 2.05 bits per heavy atom. The van der Waals surface area contributed by atoms with Gasteiger partial charge in [-0.1, -0.05) is 29.8 Å². The molecular weight excluding hydrogens is 302 g/mol. The lowest BCUT2D eigenvalue weighted by atomic mass is 10.2. The molecule has 0 bridgehead atoms. The van der Waals surface area contributed by atoms with Crippen molar-refractivity contribution in [2.24, 2.45) is 0 Å². The maximum Gasteiger partial charge on any atom is 0.260 e. The van der Waals surface area contributed by atoms with E-state index in [2.05, 4.69) is 10.2 Å². The molecule has 108 valence electrons. The minimum atomic E-state index is -3.76. The number of rotatable bonds is 5. The first-order chi connectivity index (χ1) is 9.46. The largest absolute Gasteiger partial charge is 0.392 e. The zero-order valence-electron chi connectivity index (χ0n) is 10.7. The third kappa shape index (κ3) is 2.85. The summed E-state index contributed by atoms with van der Waals surface area (Å²) in [4.78, 5) is 0. The van der Waals surface area contributed by atoms with E-state index in [-0.39, 0.29) is 17.1 Å². The molecule has 0 aliphatic rings. The van der Waals surface area contributed by atoms with E-state index in [0.29, 0.717) is 10.6 Å². The van der Waals surface area contributed by atoms with Gasteiger partial charge in [0, 0.05) is 24.2 Å². The summed E-state index contributed by atoms with van der Waals surface area (Å²) in [5.41, 5.74) is 0.932. The fourth-order valence-electron chi connectivity index (χ4n) is 1.74. The van der Waals surface area contributed by atoms with Crippen LogP contribution in [0.3, 0.4) is 0 Å². The molecule has 0 fully saturated rings. The Bertz CT molecular complexity index is 699. The van der Waals surface area contributed by atoms with Crippen LogP contribution in [0.1, 0.15) is 11.1 Å². The molecule has 0 amide bonds. The van der Waals surface area contributed by atoms with Gasteiger partial charge < -0.3 is 5.11 Å². The number of nitrogens with one attached hydrogen (secondary N) is 1. The predicted octanol–water partition coefficient (Wildman–Crippen LogP) is 1.38. The van der Waals surface area contributed by atoms with Crippen molar-refractivity contribution in [1.82, 2.24) is 14.5 Å². The minimum absolute atomic E-state index is 0.102. The molecule has 0 aliphatic carbocycles. The summed E-state index contributed by atoms with van der Waals surface area (Å²) in [5.74, 6) is 0. The molecule has 0 unspecified atom stereocenters. The molecular formula is C12H14ClN3O3S. The molecule has 2 N–H and O–H groups in total. The summed E-state index contributed by atoms with van der Waals surface area (Å²) < 4.78 is 25.9. The SMILES string of the molecule is CN(Cc1ccccc1Cl)S(=O)(=O)c1[nH]ncc1CO. The zero-order valence-corrected chi connectivity index (χ0v) is 12.3. The first-order valence-electron chi connectivity index (χ1n) is 5.79. The Hall–Kier alpha value is -1.41. The van der Waals surface area contributed by atoms with Crippen molar-refractivity contribution in [3.05, 3.63) is 46.6 Å². The van der Waals surface area contributed by atoms with Crippen molar-refractivity contribution < 1.29 is 13.5 Å². The number of H-pyrrole nitrogens is 1. The Balaban J connectivity index is 2.29. The van der Waals surface area contributed by atoms with Crippen LogP contribution in [0.25, 0.3) is 0 Å². The van der Waals surface area contributed by atoms with Gasteiger partial charge >= 0.3 is 0 Å². The molecule has 0 saturated heterocycles. The summed E-state index contributed by atoms with van der Waals surface area (Å²) in [6, 6.07) is 7.02. The Morgan fingerprint density at radius 3 is 2.70 bits per heavy atom. The summed E-state index contributed by atoms with van der Waals surface area (Å²) in [6.07, 6.45) is 1.29.